The van der Waals surface area contributed by atoms with E-state index in [0.29, 0.717) is 29.7 Å². The van der Waals surface area contributed by atoms with Crippen LogP contribution in [-0.2, 0) is 11.8 Å². The first-order valence-electron chi connectivity index (χ1n) is 11.2. The fourth-order valence-electron chi connectivity index (χ4n) is 5.50. The molecule has 1 aliphatic heterocycles. The van der Waals surface area contributed by atoms with Crippen molar-refractivity contribution >= 4 is 33.9 Å². The van der Waals surface area contributed by atoms with E-state index in [1.54, 1.807) is 18.7 Å². The Morgan fingerprint density at radius 2 is 2.00 bits per heavy atom. The number of carbonyl (C=O) groups excluding carboxylic acids is 1. The number of amides is 1. The number of hydrogen-bond donors (Lipinski definition) is 2. The fourth-order valence-corrected chi connectivity index (χ4v) is 5.50. The van der Waals surface area contributed by atoms with E-state index >= 15 is 0 Å². The van der Waals surface area contributed by atoms with Gasteiger partial charge in [0.15, 0.2) is 0 Å². The minimum Gasteiger partial charge on any atom is -0.480 e. The van der Waals surface area contributed by atoms with Crippen LogP contribution in [0.25, 0.3) is 33.2 Å². The molecule has 6 rings (SSSR count). The van der Waals surface area contributed by atoms with Crippen LogP contribution in [0.15, 0.2) is 24.4 Å². The van der Waals surface area contributed by atoms with Crippen LogP contribution in [0, 0.1) is 11.8 Å². The maximum Gasteiger partial charge on any atom is 0.228 e. The maximum absolute atomic E-state index is 11.7. The van der Waals surface area contributed by atoms with Crippen molar-refractivity contribution in [3.05, 3.63) is 24.4 Å². The molecule has 1 saturated heterocycles. The van der Waals surface area contributed by atoms with Crippen LogP contribution in [-0.4, -0.2) is 67.0 Å². The van der Waals surface area contributed by atoms with Crippen LogP contribution in [0.5, 0.6) is 5.88 Å². The molecule has 3 atom stereocenters. The molecular weight excluding hydrogens is 420 g/mol. The van der Waals surface area contributed by atoms with Crippen molar-refractivity contribution < 1.29 is 9.53 Å². The maximum atomic E-state index is 11.7. The summed E-state index contributed by atoms with van der Waals surface area (Å²) >= 11 is 0. The topological polar surface area (TPSA) is 114 Å². The van der Waals surface area contributed by atoms with Crippen LogP contribution < -0.4 is 10.1 Å². The summed E-state index contributed by atoms with van der Waals surface area (Å²) in [5, 5.41) is 12.6. The van der Waals surface area contributed by atoms with Crippen LogP contribution in [0.2, 0.25) is 0 Å². The molecule has 4 heterocycles. The van der Waals surface area contributed by atoms with Crippen molar-refractivity contribution in [1.29, 1.82) is 0 Å². The second-order valence-corrected chi connectivity index (χ2v) is 9.16. The van der Waals surface area contributed by atoms with Gasteiger partial charge in [0.2, 0.25) is 17.7 Å². The lowest BCUT2D eigenvalue weighted by Crippen LogP contribution is -2.29. The molecule has 2 N–H and O–H groups in total. The zero-order valence-corrected chi connectivity index (χ0v) is 18.9. The smallest absolute Gasteiger partial charge is 0.228 e. The van der Waals surface area contributed by atoms with Crippen LogP contribution >= 0.6 is 0 Å². The number of nitrogens with one attached hydrogen (secondary N) is 2. The Hall–Kier alpha value is -3.69. The number of aromatic amines is 1. The Labute approximate surface area is 190 Å². The number of fused-ring (bicyclic) bond motifs is 3. The van der Waals surface area contributed by atoms with Crippen LogP contribution in [0.3, 0.4) is 0 Å². The molecule has 170 valence electrons. The number of benzene rings is 1. The zero-order valence-electron chi connectivity index (χ0n) is 18.9. The summed E-state index contributed by atoms with van der Waals surface area (Å²) in [5.41, 5.74) is 4.51. The zero-order chi connectivity index (χ0) is 22.7. The summed E-state index contributed by atoms with van der Waals surface area (Å²) in [6.07, 6.45) is 3.98. The standard InChI is InChI=1S/C23H26N8O2/c1-12(32)31-10-14-6-16(7-15(14)11-31)25-23-26-21-20(22(27-23)33-3)17(9-24-21)13-4-5-18-19(8-13)30(2)29-28-18/h4-5,8-9,14-16H,6-7,10-11H2,1-3H3,(H2,24,25,26,27)/t14-,15+,16?. The minimum absolute atomic E-state index is 0.175. The SMILES string of the molecule is COc1nc(NC2C[C@@H]3CN(C(C)=O)C[C@@H]3C2)nc2[nH]cc(-c3ccc4nnn(C)c4c3)c12. The van der Waals surface area contributed by atoms with E-state index in [1.165, 1.54) is 0 Å². The molecule has 2 aliphatic rings. The van der Waals surface area contributed by atoms with Gasteiger partial charge in [-0.3, -0.25) is 4.79 Å². The van der Waals surface area contributed by atoms with Crippen molar-refractivity contribution in [3.8, 4) is 17.0 Å². The molecule has 1 aliphatic carbocycles. The summed E-state index contributed by atoms with van der Waals surface area (Å²) in [5.74, 6) is 2.36. The highest BCUT2D eigenvalue weighted by atomic mass is 16.5. The predicted molar refractivity (Wildman–Crippen MR) is 124 cm³/mol. The van der Waals surface area contributed by atoms with E-state index in [4.69, 9.17) is 9.72 Å². The number of anilines is 1. The first-order valence-corrected chi connectivity index (χ1v) is 11.2. The largest absolute Gasteiger partial charge is 0.480 e. The number of carbonyl (C=O) groups is 1. The van der Waals surface area contributed by atoms with Gasteiger partial charge in [-0.1, -0.05) is 11.3 Å². The quantitative estimate of drug-likeness (QED) is 0.495. The first kappa shape index (κ1) is 20.0. The van der Waals surface area contributed by atoms with E-state index in [9.17, 15) is 4.79 Å². The summed E-state index contributed by atoms with van der Waals surface area (Å²) in [6, 6.07) is 6.34. The normalized spacial score (nSPS) is 22.3. The van der Waals surface area contributed by atoms with Gasteiger partial charge in [0.1, 0.15) is 11.2 Å². The van der Waals surface area contributed by atoms with Gasteiger partial charge >= 0.3 is 0 Å². The Balaban J connectivity index is 1.28. The van der Waals surface area contributed by atoms with E-state index in [1.807, 2.05) is 30.3 Å². The number of aryl methyl sites for hydroxylation is 1. The van der Waals surface area contributed by atoms with E-state index in [2.05, 4.69) is 31.7 Å². The summed E-state index contributed by atoms with van der Waals surface area (Å²) < 4.78 is 7.44. The molecular formula is C23H26N8O2. The van der Waals surface area contributed by atoms with Crippen molar-refractivity contribution in [3.63, 3.8) is 0 Å². The lowest BCUT2D eigenvalue weighted by atomic mass is 10.0. The highest BCUT2D eigenvalue weighted by Crippen LogP contribution is 2.40. The third-order valence-corrected chi connectivity index (χ3v) is 7.14. The van der Waals surface area contributed by atoms with Crippen LogP contribution in [0.4, 0.5) is 5.95 Å². The lowest BCUT2D eigenvalue weighted by molar-refractivity contribution is -0.128. The third-order valence-electron chi connectivity index (χ3n) is 7.14. The number of aromatic nitrogens is 6. The van der Waals surface area contributed by atoms with Crippen molar-refractivity contribution in [1.82, 2.24) is 34.8 Å². The second kappa shape index (κ2) is 7.43. The van der Waals surface area contributed by atoms with E-state index in [-0.39, 0.29) is 5.91 Å². The van der Waals surface area contributed by atoms with Gasteiger partial charge in [0.25, 0.3) is 0 Å². The first-order chi connectivity index (χ1) is 16.0. The highest BCUT2D eigenvalue weighted by Gasteiger charge is 2.41. The minimum atomic E-state index is 0.175. The van der Waals surface area contributed by atoms with Gasteiger partial charge in [-0.15, -0.1) is 5.10 Å². The summed E-state index contributed by atoms with van der Waals surface area (Å²) in [7, 11) is 3.51. The Bertz CT molecular complexity index is 1360. The number of likely N-dealkylation sites (tertiary alicyclic amines) is 1. The number of H-pyrrole nitrogens is 1. The van der Waals surface area contributed by atoms with Crippen LogP contribution in [0.1, 0.15) is 19.8 Å². The monoisotopic (exact) mass is 446 g/mol. The molecule has 1 unspecified atom stereocenters. The average molecular weight is 447 g/mol. The molecule has 10 heteroatoms. The van der Waals surface area contributed by atoms with E-state index < -0.39 is 0 Å². The molecule has 0 radical (unpaired) electrons. The fraction of sp³-hybridized carbons (Fsp3) is 0.435. The molecule has 33 heavy (non-hydrogen) atoms. The molecule has 1 amide bonds. The number of methoxy groups -OCH3 is 1. The van der Waals surface area contributed by atoms with Gasteiger partial charge in [-0.25, -0.2) is 4.68 Å². The van der Waals surface area contributed by atoms with E-state index in [0.717, 1.165) is 59.1 Å². The predicted octanol–water partition coefficient (Wildman–Crippen LogP) is 2.58. The number of nitrogens with zero attached hydrogens (tertiary/aromatic N) is 6. The average Bonchev–Trinajstić information content (AvgIpc) is 3.56. The number of rotatable bonds is 4. The molecule has 0 spiro atoms. The molecule has 1 saturated carbocycles. The molecule has 0 bridgehead atoms. The third kappa shape index (κ3) is 3.28. The number of ether oxygens (including phenoxy) is 1. The molecule has 2 fully saturated rings. The summed E-state index contributed by atoms with van der Waals surface area (Å²) in [4.78, 5) is 26.4. The van der Waals surface area contributed by atoms with Gasteiger partial charge in [0.05, 0.1) is 18.0 Å². The van der Waals surface area contributed by atoms with Gasteiger partial charge in [-0.2, -0.15) is 9.97 Å². The Morgan fingerprint density at radius 3 is 2.73 bits per heavy atom. The van der Waals surface area contributed by atoms with Crippen molar-refractivity contribution in [2.24, 2.45) is 18.9 Å². The second-order valence-electron chi connectivity index (χ2n) is 9.16. The Morgan fingerprint density at radius 1 is 1.21 bits per heavy atom. The molecule has 3 aromatic heterocycles. The molecule has 10 nitrogen and oxygen atoms in total. The van der Waals surface area contributed by atoms with Gasteiger partial charge in [-0.05, 0) is 42.4 Å². The van der Waals surface area contributed by atoms with Crippen molar-refractivity contribution in [2.75, 3.05) is 25.5 Å². The Kier molecular flexibility index (Phi) is 4.49. The van der Waals surface area contributed by atoms with Gasteiger partial charge < -0.3 is 19.9 Å². The highest BCUT2D eigenvalue weighted by molar-refractivity contribution is 5.99. The van der Waals surface area contributed by atoms with Crippen molar-refractivity contribution in [2.45, 2.75) is 25.8 Å². The lowest BCUT2D eigenvalue weighted by Gasteiger charge is -2.18. The number of hydrogen-bond acceptors (Lipinski definition) is 7. The summed E-state index contributed by atoms with van der Waals surface area (Å²) in [6.45, 7) is 3.37. The molecule has 4 aromatic rings. The molecule has 1 aromatic carbocycles. The van der Waals surface area contributed by atoms with Gasteiger partial charge in [0, 0.05) is 44.9 Å².